The number of nitrogens with zero attached hydrogens (tertiary/aromatic N) is 2. The van der Waals surface area contributed by atoms with Crippen molar-refractivity contribution in [2.45, 2.75) is 51.8 Å². The Morgan fingerprint density at radius 2 is 2.10 bits per heavy atom. The zero-order chi connectivity index (χ0) is 21.0. The van der Waals surface area contributed by atoms with Crippen LogP contribution in [-0.2, 0) is 11.3 Å². The maximum Gasteiger partial charge on any atom is 0.387 e. The fraction of sp³-hybridized carbons (Fsp3) is 0.619. The maximum absolute atomic E-state index is 12.7. The maximum atomic E-state index is 12.7. The second-order valence-electron chi connectivity index (χ2n) is 8.22. The summed E-state index contributed by atoms with van der Waals surface area (Å²) in [4.78, 5) is 18.1. The number of nitrogens with one attached hydrogen (secondary N) is 2. The highest BCUT2D eigenvalue weighted by molar-refractivity contribution is 5.86. The first-order valence-corrected chi connectivity index (χ1v) is 10.1. The second-order valence-corrected chi connectivity index (χ2v) is 8.22. The first-order valence-electron chi connectivity index (χ1n) is 10.1. The van der Waals surface area contributed by atoms with Crippen molar-refractivity contribution in [1.82, 2.24) is 15.5 Å². The number of hydrogen-bond acceptors (Lipinski definition) is 3. The lowest BCUT2D eigenvalue weighted by Crippen LogP contribution is -2.48. The predicted molar refractivity (Wildman–Crippen MR) is 108 cm³/mol. The van der Waals surface area contributed by atoms with Crippen LogP contribution in [0, 0.1) is 18.8 Å². The molecule has 1 aromatic carbocycles. The average Bonchev–Trinajstić information content (AvgIpc) is 3.28. The third-order valence-electron chi connectivity index (χ3n) is 5.81. The summed E-state index contributed by atoms with van der Waals surface area (Å²) in [5, 5.41) is 6.56. The summed E-state index contributed by atoms with van der Waals surface area (Å²) < 4.78 is 30.1. The molecular formula is C21H30F2N4O2. The molecular weight excluding hydrogens is 378 g/mol. The molecule has 0 heterocycles. The molecule has 0 aromatic heterocycles. The van der Waals surface area contributed by atoms with Crippen LogP contribution in [0.3, 0.4) is 0 Å². The summed E-state index contributed by atoms with van der Waals surface area (Å²) >= 11 is 0. The molecule has 2 bridgehead atoms. The summed E-state index contributed by atoms with van der Waals surface area (Å²) in [6, 6.07) is 5.40. The number of aryl methyl sites for hydroxylation is 1. The van der Waals surface area contributed by atoms with E-state index in [4.69, 9.17) is 0 Å². The van der Waals surface area contributed by atoms with Crippen LogP contribution in [0.25, 0.3) is 0 Å². The SMILES string of the molecule is Cc1ccc(OC(F)F)c(CN=C(NCC(=O)N(C)C)NC2CC3CCC2C3)c1. The molecule has 2 saturated carbocycles. The van der Waals surface area contributed by atoms with Crippen LogP contribution in [0.5, 0.6) is 5.75 Å². The summed E-state index contributed by atoms with van der Waals surface area (Å²) in [6.45, 7) is -0.700. The van der Waals surface area contributed by atoms with Gasteiger partial charge in [-0.25, -0.2) is 4.99 Å². The Morgan fingerprint density at radius 1 is 1.31 bits per heavy atom. The molecule has 0 saturated heterocycles. The third kappa shape index (κ3) is 5.81. The lowest BCUT2D eigenvalue weighted by atomic mass is 9.95. The lowest BCUT2D eigenvalue weighted by Gasteiger charge is -2.25. The Kier molecular flexibility index (Phi) is 6.92. The fourth-order valence-corrected chi connectivity index (χ4v) is 4.27. The number of ether oxygens (including phenoxy) is 1. The van der Waals surface area contributed by atoms with Crippen LogP contribution in [0.2, 0.25) is 0 Å². The molecule has 3 unspecified atom stereocenters. The lowest BCUT2D eigenvalue weighted by molar-refractivity contribution is -0.127. The van der Waals surface area contributed by atoms with Gasteiger partial charge in [-0.1, -0.05) is 24.1 Å². The van der Waals surface area contributed by atoms with Crippen LogP contribution < -0.4 is 15.4 Å². The Labute approximate surface area is 170 Å². The largest absolute Gasteiger partial charge is 0.434 e. The minimum absolute atomic E-state index is 0.0651. The van der Waals surface area contributed by atoms with E-state index in [9.17, 15) is 13.6 Å². The number of alkyl halides is 2. The van der Waals surface area contributed by atoms with Gasteiger partial charge in [-0.05, 0) is 44.1 Å². The first kappa shape index (κ1) is 21.3. The van der Waals surface area contributed by atoms with E-state index in [0.29, 0.717) is 23.5 Å². The Balaban J connectivity index is 1.73. The Hall–Kier alpha value is -2.38. The molecule has 2 aliphatic carbocycles. The van der Waals surface area contributed by atoms with Crippen molar-refractivity contribution in [3.63, 3.8) is 0 Å². The molecule has 160 valence electrons. The molecule has 1 aromatic rings. The van der Waals surface area contributed by atoms with Gasteiger partial charge in [-0.2, -0.15) is 8.78 Å². The topological polar surface area (TPSA) is 66.0 Å². The van der Waals surface area contributed by atoms with Gasteiger partial charge in [-0.3, -0.25) is 4.79 Å². The molecule has 29 heavy (non-hydrogen) atoms. The number of aliphatic imine (C=N–C) groups is 1. The van der Waals surface area contributed by atoms with Crippen LogP contribution >= 0.6 is 0 Å². The van der Waals surface area contributed by atoms with Crippen molar-refractivity contribution in [2.24, 2.45) is 16.8 Å². The van der Waals surface area contributed by atoms with E-state index in [1.165, 1.54) is 24.2 Å². The van der Waals surface area contributed by atoms with Crippen molar-refractivity contribution in [1.29, 1.82) is 0 Å². The normalized spacial score (nSPS) is 23.4. The second kappa shape index (κ2) is 9.41. The summed E-state index contributed by atoms with van der Waals surface area (Å²) in [7, 11) is 3.40. The number of halogens is 2. The smallest absolute Gasteiger partial charge is 0.387 e. The summed E-state index contributed by atoms with van der Waals surface area (Å²) in [5.41, 5.74) is 1.52. The van der Waals surface area contributed by atoms with Gasteiger partial charge in [0.25, 0.3) is 0 Å². The number of amides is 1. The zero-order valence-electron chi connectivity index (χ0n) is 17.3. The average molecular weight is 408 g/mol. The summed E-state index contributed by atoms with van der Waals surface area (Å²) in [5.74, 6) is 1.99. The fourth-order valence-electron chi connectivity index (χ4n) is 4.27. The van der Waals surface area contributed by atoms with E-state index in [1.54, 1.807) is 32.3 Å². The number of fused-ring (bicyclic) bond motifs is 2. The van der Waals surface area contributed by atoms with E-state index >= 15 is 0 Å². The number of likely N-dealkylation sites (N-methyl/N-ethyl adjacent to an activating group) is 1. The van der Waals surface area contributed by atoms with Gasteiger partial charge in [0.1, 0.15) is 5.75 Å². The van der Waals surface area contributed by atoms with Crippen LogP contribution in [0.15, 0.2) is 23.2 Å². The van der Waals surface area contributed by atoms with Crippen molar-refractivity contribution in [2.75, 3.05) is 20.6 Å². The molecule has 3 atom stereocenters. The number of guanidine groups is 1. The van der Waals surface area contributed by atoms with E-state index in [2.05, 4.69) is 20.4 Å². The Bertz CT molecular complexity index is 754. The van der Waals surface area contributed by atoms with Crippen LogP contribution in [-0.4, -0.2) is 50.1 Å². The van der Waals surface area contributed by atoms with Crippen molar-refractivity contribution >= 4 is 11.9 Å². The molecule has 8 heteroatoms. The van der Waals surface area contributed by atoms with Crippen molar-refractivity contribution < 1.29 is 18.3 Å². The van der Waals surface area contributed by atoms with Gasteiger partial charge < -0.3 is 20.3 Å². The highest BCUT2D eigenvalue weighted by atomic mass is 19.3. The molecule has 0 radical (unpaired) electrons. The van der Waals surface area contributed by atoms with Gasteiger partial charge in [0.15, 0.2) is 5.96 Å². The highest BCUT2D eigenvalue weighted by Crippen LogP contribution is 2.44. The molecule has 6 nitrogen and oxygen atoms in total. The number of hydrogen-bond donors (Lipinski definition) is 2. The molecule has 0 aliphatic heterocycles. The zero-order valence-corrected chi connectivity index (χ0v) is 17.3. The number of rotatable bonds is 7. The monoisotopic (exact) mass is 408 g/mol. The van der Waals surface area contributed by atoms with E-state index < -0.39 is 6.61 Å². The first-order chi connectivity index (χ1) is 13.8. The standard InChI is InChI=1S/C21H30F2N4O2/c1-13-4-7-18(29-20(22)23)16(8-13)11-24-21(25-12-19(28)27(2)3)26-17-10-14-5-6-15(17)9-14/h4,7-8,14-15,17,20H,5-6,9-12H2,1-3H3,(H2,24,25,26). The minimum atomic E-state index is -2.89. The van der Waals surface area contributed by atoms with Gasteiger partial charge in [-0.15, -0.1) is 0 Å². The molecule has 0 spiro atoms. The number of carbonyl (C=O) groups is 1. The van der Waals surface area contributed by atoms with Gasteiger partial charge in [0, 0.05) is 25.7 Å². The van der Waals surface area contributed by atoms with Gasteiger partial charge in [0.2, 0.25) is 5.91 Å². The highest BCUT2D eigenvalue weighted by Gasteiger charge is 2.39. The number of carbonyl (C=O) groups excluding carboxylic acids is 1. The van der Waals surface area contributed by atoms with E-state index in [1.807, 2.05) is 6.92 Å². The van der Waals surface area contributed by atoms with E-state index in [0.717, 1.165) is 17.9 Å². The minimum Gasteiger partial charge on any atom is -0.434 e. The van der Waals surface area contributed by atoms with Gasteiger partial charge >= 0.3 is 6.61 Å². The van der Waals surface area contributed by atoms with Crippen LogP contribution in [0.4, 0.5) is 8.78 Å². The molecule has 2 N–H and O–H groups in total. The quantitative estimate of drug-likeness (QED) is 0.538. The van der Waals surface area contributed by atoms with Gasteiger partial charge in [0.05, 0.1) is 13.1 Å². The number of benzene rings is 1. The predicted octanol–water partition coefficient (Wildman–Crippen LogP) is 2.91. The molecule has 1 amide bonds. The Morgan fingerprint density at radius 3 is 2.72 bits per heavy atom. The molecule has 3 rings (SSSR count). The van der Waals surface area contributed by atoms with Crippen molar-refractivity contribution in [3.05, 3.63) is 29.3 Å². The molecule has 2 aliphatic rings. The summed E-state index contributed by atoms with van der Waals surface area (Å²) in [6.07, 6.45) is 4.86. The third-order valence-corrected chi connectivity index (χ3v) is 5.81. The van der Waals surface area contributed by atoms with Crippen molar-refractivity contribution in [3.8, 4) is 5.75 Å². The van der Waals surface area contributed by atoms with Crippen LogP contribution in [0.1, 0.15) is 36.8 Å². The van der Waals surface area contributed by atoms with E-state index in [-0.39, 0.29) is 24.7 Å². The molecule has 2 fully saturated rings.